The van der Waals surface area contributed by atoms with Gasteiger partial charge in [0.15, 0.2) is 16.7 Å². The fourth-order valence-electron chi connectivity index (χ4n) is 4.60. The van der Waals surface area contributed by atoms with Gasteiger partial charge in [0, 0.05) is 11.6 Å². The molecular weight excluding hydrogens is 430 g/mol. The van der Waals surface area contributed by atoms with Gasteiger partial charge in [-0.15, -0.1) is 0 Å². The van der Waals surface area contributed by atoms with Crippen LogP contribution in [0.1, 0.15) is 51.0 Å². The van der Waals surface area contributed by atoms with Gasteiger partial charge >= 0.3 is 5.97 Å². The largest absolute Gasteiger partial charge is 0.493 e. The number of hydrogen-bond donors (Lipinski definition) is 0. The molecule has 1 aromatic rings. The first kappa shape index (κ1) is 22.6. The van der Waals surface area contributed by atoms with Gasteiger partial charge in [-0.2, -0.15) is 4.99 Å². The van der Waals surface area contributed by atoms with Gasteiger partial charge in [0.25, 0.3) is 5.91 Å². The van der Waals surface area contributed by atoms with Gasteiger partial charge in [-0.05, 0) is 25.3 Å². The molecule has 3 aliphatic rings. The second kappa shape index (κ2) is 9.52. The van der Waals surface area contributed by atoms with Gasteiger partial charge in [0.05, 0.1) is 27.0 Å². The Kier molecular flexibility index (Phi) is 6.74. The van der Waals surface area contributed by atoms with Crippen LogP contribution in [-0.4, -0.2) is 60.4 Å². The summed E-state index contributed by atoms with van der Waals surface area (Å²) in [7, 11) is 4.50. The zero-order chi connectivity index (χ0) is 22.8. The summed E-state index contributed by atoms with van der Waals surface area (Å²) in [5.41, 5.74) is 1.35. The fraction of sp³-hybridized carbons (Fsp3) is 0.565. The van der Waals surface area contributed by atoms with Crippen LogP contribution in [0.15, 0.2) is 22.1 Å². The maximum Gasteiger partial charge on any atom is 0.318 e. The number of rotatable bonds is 6. The SMILES string of the molecule is COC(=O)[C@@H](C)SC1=Nc2cc(OC)c(OC)cc2C2=NC(=O)[C@H](CC3CCCCC3)N12. The van der Waals surface area contributed by atoms with E-state index in [4.69, 9.17) is 19.2 Å². The number of amides is 1. The Labute approximate surface area is 192 Å². The third-order valence-corrected chi connectivity index (χ3v) is 7.35. The molecular formula is C23H29N3O5S. The quantitative estimate of drug-likeness (QED) is 0.596. The average Bonchev–Trinajstić information content (AvgIpc) is 3.14. The van der Waals surface area contributed by atoms with Gasteiger partial charge in [-0.1, -0.05) is 43.9 Å². The summed E-state index contributed by atoms with van der Waals surface area (Å²) in [5.74, 6) is 1.63. The first-order chi connectivity index (χ1) is 15.5. The maximum atomic E-state index is 13.1. The molecule has 0 unspecified atom stereocenters. The molecule has 0 N–H and O–H groups in total. The Hall–Kier alpha value is -2.55. The molecule has 0 radical (unpaired) electrons. The number of hydrogen-bond acceptors (Lipinski definition) is 8. The van der Waals surface area contributed by atoms with E-state index in [1.165, 1.54) is 38.1 Å². The topological polar surface area (TPSA) is 89.8 Å². The molecule has 2 aliphatic heterocycles. The first-order valence-electron chi connectivity index (χ1n) is 11.0. The predicted octanol–water partition coefficient (Wildman–Crippen LogP) is 3.93. The number of aliphatic imine (C=N–C) groups is 2. The Bertz CT molecular complexity index is 971. The summed E-state index contributed by atoms with van der Waals surface area (Å²) in [6, 6.07) is 3.17. The summed E-state index contributed by atoms with van der Waals surface area (Å²) in [6.07, 6.45) is 6.66. The van der Waals surface area contributed by atoms with Gasteiger partial charge < -0.3 is 14.2 Å². The Morgan fingerprint density at radius 1 is 1.12 bits per heavy atom. The number of esters is 1. The highest BCUT2D eigenvalue weighted by Crippen LogP contribution is 2.42. The standard InChI is InChI=1S/C23H29N3O5S/c1-13(22(28)31-4)32-23-24-16-12-19(30-3)18(29-2)11-15(16)20-25-21(27)17(26(20)23)10-14-8-6-5-7-9-14/h11-14,17H,5-10H2,1-4H3/t13-,17+/m1/s1. The van der Waals surface area contributed by atoms with Gasteiger partial charge in [0.2, 0.25) is 0 Å². The minimum absolute atomic E-state index is 0.160. The van der Waals surface area contributed by atoms with Crippen molar-refractivity contribution in [2.75, 3.05) is 21.3 Å². The van der Waals surface area contributed by atoms with Crippen molar-refractivity contribution < 1.29 is 23.8 Å². The molecule has 2 heterocycles. The van der Waals surface area contributed by atoms with Gasteiger partial charge in [-0.3, -0.25) is 14.5 Å². The van der Waals surface area contributed by atoms with Crippen molar-refractivity contribution in [3.05, 3.63) is 17.7 Å². The van der Waals surface area contributed by atoms with E-state index in [9.17, 15) is 9.59 Å². The lowest BCUT2D eigenvalue weighted by molar-refractivity contribution is -0.139. The van der Waals surface area contributed by atoms with Crippen molar-refractivity contribution >= 4 is 40.3 Å². The number of carbonyl (C=O) groups excluding carboxylic acids is 2. The minimum Gasteiger partial charge on any atom is -0.493 e. The van der Waals surface area contributed by atoms with Crippen molar-refractivity contribution in [2.24, 2.45) is 15.9 Å². The first-order valence-corrected chi connectivity index (χ1v) is 11.9. The molecule has 1 aromatic carbocycles. The van der Waals surface area contributed by atoms with Crippen LogP contribution >= 0.6 is 11.8 Å². The fourth-order valence-corrected chi connectivity index (χ4v) is 5.59. The summed E-state index contributed by atoms with van der Waals surface area (Å²) in [5, 5.41) is 0.0979. The maximum absolute atomic E-state index is 13.1. The third-order valence-electron chi connectivity index (χ3n) is 6.30. The van der Waals surface area contributed by atoms with Crippen molar-refractivity contribution in [1.29, 1.82) is 0 Å². The highest BCUT2D eigenvalue weighted by Gasteiger charge is 2.44. The summed E-state index contributed by atoms with van der Waals surface area (Å²) in [6.45, 7) is 1.77. The molecule has 0 aromatic heterocycles. The van der Waals surface area contributed by atoms with Crippen molar-refractivity contribution in [3.8, 4) is 11.5 Å². The van der Waals surface area contributed by atoms with Crippen molar-refractivity contribution in [2.45, 2.75) is 56.7 Å². The van der Waals surface area contributed by atoms with E-state index in [1.807, 2.05) is 11.0 Å². The number of methoxy groups -OCH3 is 3. The molecule has 0 saturated heterocycles. The number of carbonyl (C=O) groups is 2. The van der Waals surface area contributed by atoms with Crippen LogP contribution < -0.4 is 9.47 Å². The van der Waals surface area contributed by atoms with Crippen LogP contribution in [0.5, 0.6) is 11.5 Å². The number of amidine groups is 2. The molecule has 4 rings (SSSR count). The van der Waals surface area contributed by atoms with Gasteiger partial charge in [0.1, 0.15) is 17.1 Å². The predicted molar refractivity (Wildman–Crippen MR) is 124 cm³/mol. The zero-order valence-corrected chi connectivity index (χ0v) is 19.7. The molecule has 1 fully saturated rings. The Balaban J connectivity index is 1.74. The van der Waals surface area contributed by atoms with Gasteiger partial charge in [-0.25, -0.2) is 4.99 Å². The minimum atomic E-state index is -0.479. The summed E-state index contributed by atoms with van der Waals surface area (Å²) in [4.78, 5) is 36.4. The lowest BCUT2D eigenvalue weighted by Gasteiger charge is -2.34. The molecule has 172 valence electrons. The second-order valence-corrected chi connectivity index (χ2v) is 9.61. The molecule has 9 heteroatoms. The normalized spacial score (nSPS) is 21.3. The number of nitrogens with zero attached hydrogens (tertiary/aromatic N) is 3. The smallest absolute Gasteiger partial charge is 0.318 e. The van der Waals surface area contributed by atoms with E-state index in [-0.39, 0.29) is 11.9 Å². The van der Waals surface area contributed by atoms with Crippen LogP contribution in [0.2, 0.25) is 0 Å². The number of ether oxygens (including phenoxy) is 3. The van der Waals surface area contributed by atoms with Crippen molar-refractivity contribution in [3.63, 3.8) is 0 Å². The highest BCUT2D eigenvalue weighted by atomic mass is 32.2. The molecule has 1 aliphatic carbocycles. The van der Waals surface area contributed by atoms with E-state index >= 15 is 0 Å². The third kappa shape index (κ3) is 4.22. The molecule has 0 spiro atoms. The van der Waals surface area contributed by atoms with E-state index in [0.717, 1.165) is 24.8 Å². The lowest BCUT2D eigenvalue weighted by Crippen LogP contribution is -2.45. The molecule has 32 heavy (non-hydrogen) atoms. The number of fused-ring (bicyclic) bond motifs is 3. The van der Waals surface area contributed by atoms with E-state index in [1.54, 1.807) is 27.2 Å². The lowest BCUT2D eigenvalue weighted by atomic mass is 9.84. The molecule has 1 amide bonds. The van der Waals surface area contributed by atoms with Crippen LogP contribution in [0, 0.1) is 5.92 Å². The Morgan fingerprint density at radius 3 is 2.47 bits per heavy atom. The van der Waals surface area contributed by atoms with Crippen LogP contribution in [-0.2, 0) is 14.3 Å². The van der Waals surface area contributed by atoms with E-state index in [2.05, 4.69) is 4.99 Å². The Morgan fingerprint density at radius 2 is 1.81 bits per heavy atom. The van der Waals surface area contributed by atoms with E-state index in [0.29, 0.717) is 34.1 Å². The monoisotopic (exact) mass is 459 g/mol. The molecule has 2 atom stereocenters. The highest BCUT2D eigenvalue weighted by molar-refractivity contribution is 8.14. The molecule has 0 bridgehead atoms. The van der Waals surface area contributed by atoms with Crippen molar-refractivity contribution in [1.82, 2.24) is 4.90 Å². The summed E-state index contributed by atoms with van der Waals surface area (Å²) >= 11 is 1.28. The number of benzene rings is 1. The summed E-state index contributed by atoms with van der Waals surface area (Å²) < 4.78 is 15.8. The number of thioether (sulfide) groups is 1. The van der Waals surface area contributed by atoms with E-state index < -0.39 is 11.3 Å². The molecule has 1 saturated carbocycles. The van der Waals surface area contributed by atoms with Crippen LogP contribution in [0.25, 0.3) is 0 Å². The average molecular weight is 460 g/mol. The van der Waals surface area contributed by atoms with Crippen LogP contribution in [0.3, 0.4) is 0 Å². The van der Waals surface area contributed by atoms with Crippen LogP contribution in [0.4, 0.5) is 5.69 Å². The molecule has 8 nitrogen and oxygen atoms in total. The zero-order valence-electron chi connectivity index (χ0n) is 18.9. The second-order valence-electron chi connectivity index (χ2n) is 8.30.